The van der Waals surface area contributed by atoms with Gasteiger partial charge < -0.3 is 15.4 Å². The summed E-state index contributed by atoms with van der Waals surface area (Å²) in [5, 5.41) is 5.92. The fourth-order valence-corrected chi connectivity index (χ4v) is 1.72. The van der Waals surface area contributed by atoms with Gasteiger partial charge in [0.2, 0.25) is 5.91 Å². The van der Waals surface area contributed by atoms with Gasteiger partial charge in [0.1, 0.15) is 0 Å². The molecule has 2 unspecified atom stereocenters. The minimum Gasteiger partial charge on any atom is -0.379 e. The molecule has 94 valence electrons. The zero-order chi connectivity index (χ0) is 12.0. The van der Waals surface area contributed by atoms with Gasteiger partial charge in [0.15, 0.2) is 0 Å². The Morgan fingerprint density at radius 1 is 1.38 bits per heavy atom. The highest BCUT2D eigenvalue weighted by Crippen LogP contribution is 1.98. The number of likely N-dealkylation sites (N-methyl/N-ethyl adjacent to an activating group) is 1. The highest BCUT2D eigenvalue weighted by atomic mass is 16.5. The first-order chi connectivity index (χ1) is 7.63. The van der Waals surface area contributed by atoms with Crippen molar-refractivity contribution >= 4 is 5.91 Å². The monoisotopic (exact) mass is 229 g/mol. The van der Waals surface area contributed by atoms with Crippen LogP contribution < -0.4 is 10.6 Å². The summed E-state index contributed by atoms with van der Waals surface area (Å²) in [6.45, 7) is 8.31. The molecule has 2 atom stereocenters. The van der Waals surface area contributed by atoms with E-state index < -0.39 is 0 Å². The molecule has 0 saturated carbocycles. The zero-order valence-electron chi connectivity index (χ0n) is 10.5. The van der Waals surface area contributed by atoms with Gasteiger partial charge in [-0.05, 0) is 20.9 Å². The average Bonchev–Trinajstić information content (AvgIpc) is 2.29. The number of nitrogens with one attached hydrogen (secondary N) is 2. The molecular formula is C11H23N3O2. The number of carbonyl (C=O) groups excluding carboxylic acids is 1. The topological polar surface area (TPSA) is 53.6 Å². The lowest BCUT2D eigenvalue weighted by Gasteiger charge is -2.29. The standard InChI is InChI=1S/C11H23N3O2/c1-9(13-11(15)10(2)12-3)8-14-4-6-16-7-5-14/h9-10,12H,4-8H2,1-3H3,(H,13,15). The maximum atomic E-state index is 11.6. The van der Waals surface area contributed by atoms with Crippen LogP contribution in [0.5, 0.6) is 0 Å². The van der Waals surface area contributed by atoms with Crippen molar-refractivity contribution in [3.05, 3.63) is 0 Å². The Balaban J connectivity index is 2.23. The molecule has 1 aliphatic heterocycles. The van der Waals surface area contributed by atoms with E-state index in [1.165, 1.54) is 0 Å². The number of morpholine rings is 1. The molecule has 1 saturated heterocycles. The van der Waals surface area contributed by atoms with E-state index in [0.29, 0.717) is 0 Å². The van der Waals surface area contributed by atoms with Crippen LogP contribution in [0.25, 0.3) is 0 Å². The quantitative estimate of drug-likeness (QED) is 0.663. The summed E-state index contributed by atoms with van der Waals surface area (Å²) in [5.41, 5.74) is 0. The molecular weight excluding hydrogens is 206 g/mol. The summed E-state index contributed by atoms with van der Waals surface area (Å²) in [7, 11) is 1.79. The number of ether oxygens (including phenoxy) is 1. The molecule has 1 rings (SSSR count). The van der Waals surface area contributed by atoms with Gasteiger partial charge in [-0.25, -0.2) is 0 Å². The summed E-state index contributed by atoms with van der Waals surface area (Å²) in [4.78, 5) is 13.9. The lowest BCUT2D eigenvalue weighted by Crippen LogP contribution is -2.49. The number of carbonyl (C=O) groups is 1. The molecule has 16 heavy (non-hydrogen) atoms. The third-order valence-electron chi connectivity index (χ3n) is 2.85. The summed E-state index contributed by atoms with van der Waals surface area (Å²) in [6.07, 6.45) is 0. The first-order valence-electron chi connectivity index (χ1n) is 5.91. The van der Waals surface area contributed by atoms with Crippen LogP contribution in [0.4, 0.5) is 0 Å². The Labute approximate surface area is 97.5 Å². The van der Waals surface area contributed by atoms with Crippen LogP contribution in [0.2, 0.25) is 0 Å². The maximum Gasteiger partial charge on any atom is 0.237 e. The first kappa shape index (κ1) is 13.4. The van der Waals surface area contributed by atoms with Crippen LogP contribution in [-0.2, 0) is 9.53 Å². The smallest absolute Gasteiger partial charge is 0.237 e. The molecule has 1 aliphatic rings. The van der Waals surface area contributed by atoms with Crippen LogP contribution in [0, 0.1) is 0 Å². The van der Waals surface area contributed by atoms with Gasteiger partial charge in [-0.3, -0.25) is 9.69 Å². The molecule has 0 radical (unpaired) electrons. The largest absolute Gasteiger partial charge is 0.379 e. The molecule has 2 N–H and O–H groups in total. The summed E-state index contributed by atoms with van der Waals surface area (Å²) in [5.74, 6) is 0.0586. The molecule has 1 heterocycles. The number of nitrogens with zero attached hydrogens (tertiary/aromatic N) is 1. The van der Waals surface area contributed by atoms with Crippen molar-refractivity contribution in [2.24, 2.45) is 0 Å². The molecule has 0 aromatic rings. The van der Waals surface area contributed by atoms with Gasteiger partial charge in [0.05, 0.1) is 19.3 Å². The third-order valence-corrected chi connectivity index (χ3v) is 2.85. The Morgan fingerprint density at radius 3 is 2.56 bits per heavy atom. The predicted molar refractivity (Wildman–Crippen MR) is 63.4 cm³/mol. The molecule has 0 aliphatic carbocycles. The van der Waals surface area contributed by atoms with Crippen molar-refractivity contribution in [1.82, 2.24) is 15.5 Å². The number of hydrogen-bond donors (Lipinski definition) is 2. The molecule has 0 aromatic carbocycles. The van der Waals surface area contributed by atoms with Crippen molar-refractivity contribution in [3.63, 3.8) is 0 Å². The van der Waals surface area contributed by atoms with E-state index in [1.54, 1.807) is 7.05 Å². The van der Waals surface area contributed by atoms with Crippen molar-refractivity contribution < 1.29 is 9.53 Å². The van der Waals surface area contributed by atoms with Crippen molar-refractivity contribution in [2.75, 3.05) is 39.9 Å². The second-order valence-electron chi connectivity index (χ2n) is 4.33. The van der Waals surface area contributed by atoms with Crippen LogP contribution in [0.3, 0.4) is 0 Å². The second kappa shape index (κ2) is 6.83. The Morgan fingerprint density at radius 2 is 2.00 bits per heavy atom. The molecule has 0 bridgehead atoms. The van der Waals surface area contributed by atoms with Crippen LogP contribution in [0.15, 0.2) is 0 Å². The minimum absolute atomic E-state index is 0.0586. The first-order valence-corrected chi connectivity index (χ1v) is 5.91. The van der Waals surface area contributed by atoms with Crippen LogP contribution in [0.1, 0.15) is 13.8 Å². The summed E-state index contributed by atoms with van der Waals surface area (Å²) < 4.78 is 5.28. The van der Waals surface area contributed by atoms with E-state index in [9.17, 15) is 4.79 Å². The van der Waals surface area contributed by atoms with Gasteiger partial charge >= 0.3 is 0 Å². The van der Waals surface area contributed by atoms with Gasteiger partial charge in [-0.2, -0.15) is 0 Å². The van der Waals surface area contributed by atoms with E-state index >= 15 is 0 Å². The number of amides is 1. The van der Waals surface area contributed by atoms with Crippen LogP contribution >= 0.6 is 0 Å². The van der Waals surface area contributed by atoms with Crippen molar-refractivity contribution in [2.45, 2.75) is 25.9 Å². The lowest BCUT2D eigenvalue weighted by atomic mass is 10.2. The maximum absolute atomic E-state index is 11.6. The normalized spacial score (nSPS) is 21.4. The average molecular weight is 229 g/mol. The van der Waals surface area contributed by atoms with Gasteiger partial charge in [0, 0.05) is 25.7 Å². The second-order valence-corrected chi connectivity index (χ2v) is 4.33. The summed E-state index contributed by atoms with van der Waals surface area (Å²) >= 11 is 0. The minimum atomic E-state index is -0.132. The molecule has 0 aromatic heterocycles. The van der Waals surface area contributed by atoms with Gasteiger partial charge in [-0.1, -0.05) is 0 Å². The van der Waals surface area contributed by atoms with E-state index in [0.717, 1.165) is 32.8 Å². The van der Waals surface area contributed by atoms with Crippen molar-refractivity contribution in [3.8, 4) is 0 Å². The predicted octanol–water partition coefficient (Wildman–Crippen LogP) is -0.569. The van der Waals surface area contributed by atoms with Crippen LogP contribution in [-0.4, -0.2) is 62.8 Å². The fourth-order valence-electron chi connectivity index (χ4n) is 1.72. The molecule has 5 heteroatoms. The van der Waals surface area contributed by atoms with Gasteiger partial charge in [-0.15, -0.1) is 0 Å². The highest BCUT2D eigenvalue weighted by molar-refractivity contribution is 5.81. The molecule has 0 spiro atoms. The van der Waals surface area contributed by atoms with Gasteiger partial charge in [0.25, 0.3) is 0 Å². The third kappa shape index (κ3) is 4.47. The van der Waals surface area contributed by atoms with Crippen molar-refractivity contribution in [1.29, 1.82) is 0 Å². The Kier molecular flexibility index (Phi) is 5.73. The van der Waals surface area contributed by atoms with E-state index in [1.807, 2.05) is 13.8 Å². The fraction of sp³-hybridized carbons (Fsp3) is 0.909. The van der Waals surface area contributed by atoms with E-state index in [2.05, 4.69) is 15.5 Å². The Bertz CT molecular complexity index is 217. The lowest BCUT2D eigenvalue weighted by molar-refractivity contribution is -0.123. The molecule has 1 amide bonds. The SMILES string of the molecule is CNC(C)C(=O)NC(C)CN1CCOCC1. The zero-order valence-corrected chi connectivity index (χ0v) is 10.5. The van der Waals surface area contributed by atoms with E-state index in [-0.39, 0.29) is 18.0 Å². The number of hydrogen-bond acceptors (Lipinski definition) is 4. The summed E-state index contributed by atoms with van der Waals surface area (Å²) in [6, 6.07) is 0.0496. The molecule has 5 nitrogen and oxygen atoms in total. The molecule has 1 fully saturated rings. The van der Waals surface area contributed by atoms with E-state index in [4.69, 9.17) is 4.74 Å². The Hall–Kier alpha value is -0.650. The highest BCUT2D eigenvalue weighted by Gasteiger charge is 2.17. The number of rotatable bonds is 5.